The van der Waals surface area contributed by atoms with Crippen LogP contribution in [-0.4, -0.2) is 74.8 Å². The van der Waals surface area contributed by atoms with E-state index in [1.165, 1.54) is 13.2 Å². The van der Waals surface area contributed by atoms with Gasteiger partial charge >= 0.3 is 12.3 Å². The number of hydrogen-bond donors (Lipinski definition) is 2. The summed E-state index contributed by atoms with van der Waals surface area (Å²) in [7, 11) is 1.49. The fraction of sp³-hybridized carbons (Fsp3) is 0.355. The summed E-state index contributed by atoms with van der Waals surface area (Å²) >= 11 is 0. The molecule has 0 aliphatic carbocycles. The normalized spacial score (nSPS) is 23.1. The molecule has 2 bridgehead atoms. The number of aromatic nitrogens is 4. The van der Waals surface area contributed by atoms with Crippen LogP contribution in [0.2, 0.25) is 0 Å². The zero-order valence-corrected chi connectivity index (χ0v) is 23.8. The third-order valence-electron chi connectivity index (χ3n) is 8.56. The van der Waals surface area contributed by atoms with Crippen LogP contribution in [0.4, 0.5) is 18.0 Å². The van der Waals surface area contributed by atoms with Gasteiger partial charge in [0.05, 0.1) is 12.8 Å². The van der Waals surface area contributed by atoms with Crippen molar-refractivity contribution in [1.82, 2.24) is 30.4 Å². The van der Waals surface area contributed by atoms with Crippen LogP contribution in [0.15, 0.2) is 78.9 Å². The SMILES string of the molecule is COc1ccc(-n2nnnc2C(F)(F)F)cc1CN[C@H]1[C@H]2CCN(C[C@H]2OC(=O)O)[C@H]1C(c1ccccc1)c1ccccc1. The maximum Gasteiger partial charge on any atom is 0.506 e. The molecule has 230 valence electrons. The predicted molar refractivity (Wildman–Crippen MR) is 152 cm³/mol. The van der Waals surface area contributed by atoms with E-state index in [2.05, 4.69) is 50.0 Å². The third-order valence-corrected chi connectivity index (χ3v) is 8.56. The van der Waals surface area contributed by atoms with Gasteiger partial charge in [-0.05, 0) is 52.7 Å². The number of nitrogens with zero attached hydrogens (tertiary/aromatic N) is 5. The fourth-order valence-electron chi connectivity index (χ4n) is 6.77. The molecule has 1 aromatic heterocycles. The van der Waals surface area contributed by atoms with E-state index >= 15 is 0 Å². The average molecular weight is 609 g/mol. The summed E-state index contributed by atoms with van der Waals surface area (Å²) in [4.78, 5) is 13.9. The molecule has 0 amide bonds. The topological polar surface area (TPSA) is 115 Å². The average Bonchev–Trinajstić information content (AvgIpc) is 3.53. The molecule has 4 heterocycles. The zero-order valence-electron chi connectivity index (χ0n) is 23.8. The minimum Gasteiger partial charge on any atom is -0.496 e. The van der Waals surface area contributed by atoms with Gasteiger partial charge in [-0.15, -0.1) is 5.10 Å². The first-order valence-corrected chi connectivity index (χ1v) is 14.2. The smallest absolute Gasteiger partial charge is 0.496 e. The lowest BCUT2D eigenvalue weighted by molar-refractivity contribution is -0.146. The van der Waals surface area contributed by atoms with Crippen LogP contribution in [0.1, 0.15) is 34.9 Å². The van der Waals surface area contributed by atoms with E-state index in [0.717, 1.165) is 24.1 Å². The van der Waals surface area contributed by atoms with Gasteiger partial charge < -0.3 is 19.9 Å². The summed E-state index contributed by atoms with van der Waals surface area (Å²) in [5, 5.41) is 23.1. The Morgan fingerprint density at radius 2 is 1.75 bits per heavy atom. The molecule has 0 saturated carbocycles. The number of methoxy groups -OCH3 is 1. The van der Waals surface area contributed by atoms with E-state index in [1.54, 1.807) is 12.1 Å². The second kappa shape index (κ2) is 12.2. The third kappa shape index (κ3) is 5.84. The number of ether oxygens (including phenoxy) is 2. The largest absolute Gasteiger partial charge is 0.506 e. The molecule has 0 radical (unpaired) electrons. The number of halogens is 3. The number of fused-ring (bicyclic) bond motifs is 3. The number of hydrogen-bond acceptors (Lipinski definition) is 8. The molecule has 5 atom stereocenters. The molecule has 3 aliphatic heterocycles. The first-order chi connectivity index (χ1) is 21.2. The van der Waals surface area contributed by atoms with Gasteiger partial charge in [-0.25, -0.2) is 4.79 Å². The molecule has 4 aromatic rings. The van der Waals surface area contributed by atoms with Crippen molar-refractivity contribution < 1.29 is 32.5 Å². The number of rotatable bonds is 9. The monoisotopic (exact) mass is 608 g/mol. The number of tetrazole rings is 1. The van der Waals surface area contributed by atoms with Crippen molar-refractivity contribution in [3.8, 4) is 11.4 Å². The summed E-state index contributed by atoms with van der Waals surface area (Å²) in [6.45, 7) is 1.47. The second-order valence-corrected chi connectivity index (χ2v) is 11.0. The van der Waals surface area contributed by atoms with Gasteiger partial charge in [-0.1, -0.05) is 60.7 Å². The first kappa shape index (κ1) is 29.6. The molecular weight excluding hydrogens is 577 g/mol. The summed E-state index contributed by atoms with van der Waals surface area (Å²) in [5.74, 6) is -0.947. The van der Waals surface area contributed by atoms with E-state index in [4.69, 9.17) is 9.47 Å². The lowest BCUT2D eigenvalue weighted by atomic mass is 9.69. The molecule has 3 aliphatic rings. The van der Waals surface area contributed by atoms with Gasteiger partial charge in [0.15, 0.2) is 0 Å². The van der Waals surface area contributed by atoms with Crippen LogP contribution in [0.25, 0.3) is 5.69 Å². The van der Waals surface area contributed by atoms with Gasteiger partial charge in [0, 0.05) is 42.6 Å². The van der Waals surface area contributed by atoms with Crippen molar-refractivity contribution in [3.63, 3.8) is 0 Å². The molecule has 44 heavy (non-hydrogen) atoms. The summed E-state index contributed by atoms with van der Waals surface area (Å²) in [6.07, 6.45) is -5.88. The number of piperidine rings is 3. The number of nitrogens with one attached hydrogen (secondary N) is 1. The molecule has 3 fully saturated rings. The van der Waals surface area contributed by atoms with Gasteiger partial charge in [0.25, 0.3) is 5.82 Å². The molecule has 3 aromatic carbocycles. The molecule has 0 spiro atoms. The van der Waals surface area contributed by atoms with Crippen LogP contribution in [0, 0.1) is 5.92 Å². The molecule has 7 rings (SSSR count). The fourth-order valence-corrected chi connectivity index (χ4v) is 6.77. The van der Waals surface area contributed by atoms with Crippen LogP contribution in [0.5, 0.6) is 5.75 Å². The van der Waals surface area contributed by atoms with Crippen LogP contribution in [-0.2, 0) is 17.5 Å². The molecule has 2 N–H and O–H groups in total. The minimum absolute atomic E-state index is 0.0488. The van der Waals surface area contributed by atoms with Crippen LogP contribution < -0.4 is 10.1 Å². The van der Waals surface area contributed by atoms with E-state index in [0.29, 0.717) is 22.5 Å². The van der Waals surface area contributed by atoms with Gasteiger partial charge in [-0.2, -0.15) is 17.9 Å². The maximum atomic E-state index is 13.6. The highest BCUT2D eigenvalue weighted by molar-refractivity contribution is 5.57. The molecule has 1 unspecified atom stereocenters. The number of carboxylic acid groups (broad SMARTS) is 1. The molecule has 3 saturated heterocycles. The summed E-state index contributed by atoms with van der Waals surface area (Å²) in [6, 6.07) is 24.6. The Hall–Kier alpha value is -4.49. The van der Waals surface area contributed by atoms with E-state index in [-0.39, 0.29) is 36.2 Å². The highest BCUT2D eigenvalue weighted by atomic mass is 19.4. The van der Waals surface area contributed by atoms with Crippen molar-refractivity contribution in [2.75, 3.05) is 20.2 Å². The van der Waals surface area contributed by atoms with Gasteiger partial charge in [0.2, 0.25) is 0 Å². The Kier molecular flexibility index (Phi) is 8.23. The van der Waals surface area contributed by atoms with E-state index in [1.807, 2.05) is 36.4 Å². The zero-order chi connectivity index (χ0) is 30.8. The minimum atomic E-state index is -4.74. The Balaban J connectivity index is 1.37. The second-order valence-electron chi connectivity index (χ2n) is 11.0. The molecular formula is C31H31F3N6O4. The lowest BCUT2D eigenvalue weighted by Gasteiger charge is -2.56. The van der Waals surface area contributed by atoms with Crippen molar-refractivity contribution >= 4 is 6.16 Å². The van der Waals surface area contributed by atoms with Crippen molar-refractivity contribution in [2.24, 2.45) is 5.92 Å². The predicted octanol–water partition coefficient (Wildman–Crippen LogP) is 4.75. The highest BCUT2D eigenvalue weighted by Crippen LogP contribution is 2.43. The number of alkyl halides is 3. The Labute approximate surface area is 251 Å². The highest BCUT2D eigenvalue weighted by Gasteiger charge is 2.52. The van der Waals surface area contributed by atoms with Gasteiger partial charge in [0.1, 0.15) is 11.9 Å². The lowest BCUT2D eigenvalue weighted by Crippen LogP contribution is -2.69. The maximum absolute atomic E-state index is 13.6. The molecule has 10 nitrogen and oxygen atoms in total. The van der Waals surface area contributed by atoms with Crippen molar-refractivity contribution in [1.29, 1.82) is 0 Å². The quantitative estimate of drug-likeness (QED) is 0.260. The Bertz CT molecular complexity index is 1550. The Morgan fingerprint density at radius 1 is 1.07 bits per heavy atom. The standard InChI is InChI=1S/C31H31F3N6O4/c1-43-24-13-12-22(40-29(31(32,33)34)36-37-38-40)16-21(24)17-35-27-23-14-15-39(18-25(23)44-30(41)42)28(27)26(19-8-4-2-5-9-19)20-10-6-3-7-11-20/h2-13,16,23,25-28,35H,14-15,17-18H2,1H3,(H,41,42)/t23-,25+,27-,28-/m0/s1. The van der Waals surface area contributed by atoms with Crippen LogP contribution >= 0.6 is 0 Å². The van der Waals surface area contributed by atoms with E-state index in [9.17, 15) is 23.1 Å². The van der Waals surface area contributed by atoms with Crippen molar-refractivity contribution in [3.05, 3.63) is 101 Å². The molecule has 13 heteroatoms. The van der Waals surface area contributed by atoms with Gasteiger partial charge in [-0.3, -0.25) is 4.90 Å². The first-order valence-electron chi connectivity index (χ1n) is 14.2. The number of benzene rings is 3. The Morgan fingerprint density at radius 3 is 2.36 bits per heavy atom. The summed E-state index contributed by atoms with van der Waals surface area (Å²) < 4.78 is 52.3. The summed E-state index contributed by atoms with van der Waals surface area (Å²) in [5.41, 5.74) is 2.97. The van der Waals surface area contributed by atoms with E-state index < -0.39 is 24.3 Å². The van der Waals surface area contributed by atoms with Crippen LogP contribution in [0.3, 0.4) is 0 Å². The number of carbonyl (C=O) groups is 1. The van der Waals surface area contributed by atoms with Crippen molar-refractivity contribution in [2.45, 2.75) is 43.2 Å².